The molecule has 1 aliphatic carbocycles. The highest BCUT2D eigenvalue weighted by Gasteiger charge is 2.23. The minimum absolute atomic E-state index is 0.650. The summed E-state index contributed by atoms with van der Waals surface area (Å²) in [4.78, 5) is 16.2. The van der Waals surface area contributed by atoms with Gasteiger partial charge in [-0.05, 0) is 56.0 Å². The molecule has 1 aliphatic rings. The molecule has 0 saturated carbocycles. The van der Waals surface area contributed by atoms with Crippen LogP contribution in [0, 0.1) is 6.92 Å². The summed E-state index contributed by atoms with van der Waals surface area (Å²) in [6.45, 7) is 2.07. The molecule has 0 saturated heterocycles. The lowest BCUT2D eigenvalue weighted by atomic mass is 10.2. The highest BCUT2D eigenvalue weighted by molar-refractivity contribution is 7.19. The van der Waals surface area contributed by atoms with Gasteiger partial charge in [0.15, 0.2) is 5.82 Å². The second kappa shape index (κ2) is 6.18. The molecule has 0 aliphatic heterocycles. The Kier molecular flexibility index (Phi) is 3.68. The summed E-state index contributed by atoms with van der Waals surface area (Å²) in [7, 11) is 0. The predicted octanol–water partition coefficient (Wildman–Crippen LogP) is 5.34. The highest BCUT2D eigenvalue weighted by atomic mass is 32.1. The van der Waals surface area contributed by atoms with Crippen LogP contribution in [0.25, 0.3) is 21.6 Å². The Morgan fingerprint density at radius 1 is 1.04 bits per heavy atom. The van der Waals surface area contributed by atoms with E-state index in [0.717, 1.165) is 34.4 Å². The van der Waals surface area contributed by atoms with Gasteiger partial charge in [-0.15, -0.1) is 11.3 Å². The molecule has 0 spiro atoms. The third-order valence-electron chi connectivity index (χ3n) is 4.69. The van der Waals surface area contributed by atoms with Crippen molar-refractivity contribution in [3.8, 4) is 23.0 Å². The van der Waals surface area contributed by atoms with Crippen LogP contribution in [0.3, 0.4) is 0 Å². The van der Waals surface area contributed by atoms with Crippen LogP contribution in [-0.4, -0.2) is 15.0 Å². The van der Waals surface area contributed by atoms with E-state index in [2.05, 4.69) is 11.9 Å². The van der Waals surface area contributed by atoms with Crippen molar-refractivity contribution < 1.29 is 4.74 Å². The number of aromatic nitrogens is 3. The van der Waals surface area contributed by atoms with Crippen LogP contribution >= 0.6 is 11.3 Å². The minimum atomic E-state index is 0.650. The first-order valence-corrected chi connectivity index (χ1v) is 9.57. The lowest BCUT2D eigenvalue weighted by molar-refractivity contribution is 0.468. The summed E-state index contributed by atoms with van der Waals surface area (Å²) in [5, 5.41) is 1.08. The van der Waals surface area contributed by atoms with Gasteiger partial charge in [-0.1, -0.05) is 17.7 Å². The molecule has 0 unspecified atom stereocenters. The van der Waals surface area contributed by atoms with Crippen LogP contribution in [0.5, 0.6) is 11.6 Å². The van der Waals surface area contributed by atoms with Crippen molar-refractivity contribution >= 4 is 21.6 Å². The normalized spacial score (nSPS) is 13.1. The van der Waals surface area contributed by atoms with E-state index in [4.69, 9.17) is 14.7 Å². The molecule has 5 rings (SSSR count). The monoisotopic (exact) mass is 359 g/mol. The molecule has 128 valence electrons. The number of thiophene rings is 1. The Balaban J connectivity index is 1.69. The molecule has 26 heavy (non-hydrogen) atoms. The van der Waals surface area contributed by atoms with Gasteiger partial charge in [-0.3, -0.25) is 4.98 Å². The molecule has 4 nitrogen and oxygen atoms in total. The first-order chi connectivity index (χ1) is 12.8. The highest BCUT2D eigenvalue weighted by Crippen LogP contribution is 2.42. The fraction of sp³-hybridized carbons (Fsp3) is 0.190. The number of ether oxygens (including phenoxy) is 1. The van der Waals surface area contributed by atoms with Crippen molar-refractivity contribution in [1.29, 1.82) is 0 Å². The van der Waals surface area contributed by atoms with Gasteiger partial charge in [-0.25, -0.2) is 4.98 Å². The van der Waals surface area contributed by atoms with Crippen molar-refractivity contribution in [1.82, 2.24) is 15.0 Å². The van der Waals surface area contributed by atoms with Crippen molar-refractivity contribution in [2.75, 3.05) is 0 Å². The smallest absolute Gasteiger partial charge is 0.231 e. The van der Waals surface area contributed by atoms with E-state index in [9.17, 15) is 0 Å². The van der Waals surface area contributed by atoms with Gasteiger partial charge in [0, 0.05) is 22.8 Å². The number of benzene rings is 1. The summed E-state index contributed by atoms with van der Waals surface area (Å²) in [5.41, 5.74) is 3.47. The summed E-state index contributed by atoms with van der Waals surface area (Å²) < 4.78 is 6.23. The quantitative estimate of drug-likeness (QED) is 0.495. The SMILES string of the molecule is Cc1ccc(Oc2nc(-c3cccnc3)nc3sc4c(c23)CCC4)cc1. The maximum Gasteiger partial charge on any atom is 0.231 e. The molecule has 3 aromatic heterocycles. The molecule has 0 bridgehead atoms. The van der Waals surface area contributed by atoms with Gasteiger partial charge in [-0.2, -0.15) is 4.98 Å². The number of rotatable bonds is 3. The zero-order valence-electron chi connectivity index (χ0n) is 14.4. The van der Waals surface area contributed by atoms with Crippen molar-refractivity contribution in [2.24, 2.45) is 0 Å². The molecule has 0 N–H and O–H groups in total. The van der Waals surface area contributed by atoms with Crippen molar-refractivity contribution in [2.45, 2.75) is 26.2 Å². The number of hydrogen-bond donors (Lipinski definition) is 0. The molecule has 0 fully saturated rings. The molecule has 1 aromatic carbocycles. The summed E-state index contributed by atoms with van der Waals surface area (Å²) in [5.74, 6) is 2.11. The van der Waals surface area contributed by atoms with Gasteiger partial charge >= 0.3 is 0 Å². The standard InChI is InChI=1S/C21H17N3OS/c1-13-7-9-15(10-8-13)25-20-18-16-5-2-6-17(16)26-21(18)24-19(23-20)14-4-3-11-22-12-14/h3-4,7-12H,2,5-6H2,1H3. The summed E-state index contributed by atoms with van der Waals surface area (Å²) in [6.07, 6.45) is 6.95. The molecule has 0 atom stereocenters. The van der Waals surface area contributed by atoms with E-state index in [1.54, 1.807) is 23.7 Å². The number of hydrogen-bond acceptors (Lipinski definition) is 5. The third kappa shape index (κ3) is 2.65. The maximum atomic E-state index is 6.23. The number of nitrogens with zero attached hydrogens (tertiary/aromatic N) is 3. The summed E-state index contributed by atoms with van der Waals surface area (Å²) in [6, 6.07) is 11.9. The first kappa shape index (κ1) is 15.5. The van der Waals surface area contributed by atoms with E-state index in [1.165, 1.54) is 22.4 Å². The van der Waals surface area contributed by atoms with Crippen LogP contribution in [0.4, 0.5) is 0 Å². The predicted molar refractivity (Wildman–Crippen MR) is 104 cm³/mol. The lowest BCUT2D eigenvalue weighted by Gasteiger charge is -2.09. The van der Waals surface area contributed by atoms with Crippen LogP contribution in [0.15, 0.2) is 48.8 Å². The van der Waals surface area contributed by atoms with Gasteiger partial charge in [0.25, 0.3) is 0 Å². The van der Waals surface area contributed by atoms with Gasteiger partial charge in [0.1, 0.15) is 10.6 Å². The van der Waals surface area contributed by atoms with Crippen molar-refractivity contribution in [3.63, 3.8) is 0 Å². The molecule has 4 aromatic rings. The average molecular weight is 359 g/mol. The molecular weight excluding hydrogens is 342 g/mol. The first-order valence-electron chi connectivity index (χ1n) is 8.75. The number of fused-ring (bicyclic) bond motifs is 3. The average Bonchev–Trinajstić information content (AvgIpc) is 3.25. The van der Waals surface area contributed by atoms with Crippen LogP contribution in [0.2, 0.25) is 0 Å². The second-order valence-electron chi connectivity index (χ2n) is 6.55. The van der Waals surface area contributed by atoms with Gasteiger partial charge in [0.2, 0.25) is 5.88 Å². The lowest BCUT2D eigenvalue weighted by Crippen LogP contribution is -1.96. The second-order valence-corrected chi connectivity index (χ2v) is 7.63. The van der Waals surface area contributed by atoms with E-state index < -0.39 is 0 Å². The zero-order valence-corrected chi connectivity index (χ0v) is 15.2. The Morgan fingerprint density at radius 3 is 2.73 bits per heavy atom. The van der Waals surface area contributed by atoms with Crippen molar-refractivity contribution in [3.05, 3.63) is 64.8 Å². The van der Waals surface area contributed by atoms with Gasteiger partial charge < -0.3 is 4.74 Å². The minimum Gasteiger partial charge on any atom is -0.438 e. The zero-order chi connectivity index (χ0) is 17.5. The van der Waals surface area contributed by atoms with E-state index in [-0.39, 0.29) is 0 Å². The number of pyridine rings is 1. The Hall–Kier alpha value is -2.79. The van der Waals surface area contributed by atoms with Crippen LogP contribution in [0.1, 0.15) is 22.4 Å². The molecule has 0 radical (unpaired) electrons. The van der Waals surface area contributed by atoms with Crippen LogP contribution < -0.4 is 4.74 Å². The third-order valence-corrected chi connectivity index (χ3v) is 5.87. The fourth-order valence-electron chi connectivity index (χ4n) is 3.38. The molecule has 0 amide bonds. The Bertz CT molecular complexity index is 1090. The largest absolute Gasteiger partial charge is 0.438 e. The van der Waals surface area contributed by atoms with Gasteiger partial charge in [0.05, 0.1) is 5.39 Å². The maximum absolute atomic E-state index is 6.23. The summed E-state index contributed by atoms with van der Waals surface area (Å²) >= 11 is 1.77. The van der Waals surface area contributed by atoms with E-state index >= 15 is 0 Å². The molecule has 5 heteroatoms. The molecule has 3 heterocycles. The van der Waals surface area contributed by atoms with E-state index in [0.29, 0.717) is 11.7 Å². The fourth-order valence-corrected chi connectivity index (χ4v) is 4.63. The topological polar surface area (TPSA) is 47.9 Å². The number of aryl methyl sites for hydroxylation is 3. The Morgan fingerprint density at radius 2 is 1.92 bits per heavy atom. The Labute approximate surface area is 155 Å². The molecular formula is C21H17N3OS. The van der Waals surface area contributed by atoms with Crippen LogP contribution in [-0.2, 0) is 12.8 Å². The van der Waals surface area contributed by atoms with E-state index in [1.807, 2.05) is 36.4 Å².